The normalized spacial score (nSPS) is 22.2. The van der Waals surface area contributed by atoms with Crippen molar-refractivity contribution in [2.75, 3.05) is 6.61 Å². The highest BCUT2D eigenvalue weighted by atomic mass is 28.3. The first-order valence-corrected chi connectivity index (χ1v) is 21.6. The Bertz CT molecular complexity index is 1200. The van der Waals surface area contributed by atoms with Crippen molar-refractivity contribution >= 4 is 19.2 Å². The van der Waals surface area contributed by atoms with Crippen LogP contribution in [0.25, 0.3) is 11.1 Å². The summed E-state index contributed by atoms with van der Waals surface area (Å²) < 4.78 is 5.69. The fourth-order valence-corrected chi connectivity index (χ4v) is 11.3. The number of rotatable bonds is 16. The molecule has 0 radical (unpaired) electrons. The second-order valence-electron chi connectivity index (χ2n) is 15.2. The van der Waals surface area contributed by atoms with Crippen molar-refractivity contribution in [1.29, 1.82) is 0 Å². The number of aliphatic hydroxyl groups is 1. The fraction of sp³-hybridized carbons (Fsp3) is 0.634. The molecule has 2 aliphatic rings. The van der Waals surface area contributed by atoms with E-state index >= 15 is 0 Å². The van der Waals surface area contributed by atoms with E-state index in [2.05, 4.69) is 69.1 Å². The van der Waals surface area contributed by atoms with E-state index in [0.29, 0.717) is 11.5 Å². The second-order valence-corrected chi connectivity index (χ2v) is 20.0. The molecule has 0 unspecified atom stereocenters. The molecular formula is C41H62O3Si. The van der Waals surface area contributed by atoms with Crippen LogP contribution >= 0.6 is 0 Å². The van der Waals surface area contributed by atoms with E-state index in [1.165, 1.54) is 98.9 Å². The molecule has 0 bridgehead atoms. The predicted octanol–water partition coefficient (Wildman–Crippen LogP) is 10.7. The molecule has 45 heavy (non-hydrogen) atoms. The van der Waals surface area contributed by atoms with E-state index in [0.717, 1.165) is 48.6 Å². The molecule has 248 valence electrons. The topological polar surface area (TPSA) is 46.5 Å². The minimum absolute atomic E-state index is 0.263. The quantitative estimate of drug-likeness (QED) is 0.0869. The molecule has 4 heteroatoms. The highest BCUT2D eigenvalue weighted by Crippen LogP contribution is 2.44. The lowest BCUT2D eigenvalue weighted by molar-refractivity contribution is -0.140. The van der Waals surface area contributed by atoms with Gasteiger partial charge in [0.05, 0.1) is 8.07 Å². The monoisotopic (exact) mass is 630 g/mol. The Morgan fingerprint density at radius 2 is 1.49 bits per heavy atom. The van der Waals surface area contributed by atoms with Gasteiger partial charge in [-0.15, -0.1) is 0 Å². The molecule has 0 atom stereocenters. The smallest absolute Gasteiger partial charge is 0.333 e. The van der Waals surface area contributed by atoms with Crippen LogP contribution in [0.15, 0.2) is 54.6 Å². The molecular weight excluding hydrogens is 569 g/mol. The third-order valence-corrected chi connectivity index (χ3v) is 14.8. The van der Waals surface area contributed by atoms with Crippen molar-refractivity contribution in [1.82, 2.24) is 0 Å². The first-order valence-electron chi connectivity index (χ1n) is 18.4. The predicted molar refractivity (Wildman–Crippen MR) is 194 cm³/mol. The van der Waals surface area contributed by atoms with Gasteiger partial charge in [-0.05, 0) is 104 Å². The number of benzene rings is 2. The van der Waals surface area contributed by atoms with Crippen LogP contribution < -0.4 is 5.19 Å². The molecule has 2 fully saturated rings. The molecule has 0 spiro atoms. The Kier molecular flexibility index (Phi) is 14.0. The van der Waals surface area contributed by atoms with Crippen LogP contribution in [0.4, 0.5) is 0 Å². The average Bonchev–Trinajstić information content (AvgIpc) is 3.06. The van der Waals surface area contributed by atoms with Crippen LogP contribution in [0.1, 0.15) is 127 Å². The summed E-state index contributed by atoms with van der Waals surface area (Å²) >= 11 is 0. The van der Waals surface area contributed by atoms with E-state index in [-0.39, 0.29) is 19.2 Å². The summed E-state index contributed by atoms with van der Waals surface area (Å²) in [7, 11) is -1.75. The van der Waals surface area contributed by atoms with Gasteiger partial charge < -0.3 is 9.84 Å². The number of esters is 1. The van der Waals surface area contributed by atoms with Crippen LogP contribution in [0.2, 0.25) is 19.1 Å². The first kappa shape index (κ1) is 35.7. The molecule has 3 nitrogen and oxygen atoms in total. The van der Waals surface area contributed by atoms with Gasteiger partial charge in [0.25, 0.3) is 0 Å². The van der Waals surface area contributed by atoms with E-state index in [9.17, 15) is 9.90 Å². The molecule has 0 saturated heterocycles. The largest absolute Gasteiger partial charge is 0.457 e. The van der Waals surface area contributed by atoms with Gasteiger partial charge in [0.1, 0.15) is 6.61 Å². The van der Waals surface area contributed by atoms with Gasteiger partial charge in [0.15, 0.2) is 0 Å². The summed E-state index contributed by atoms with van der Waals surface area (Å²) in [6.07, 6.45) is 20.2. The Labute approximate surface area is 276 Å². The Balaban J connectivity index is 1.37. The Hall–Kier alpha value is -2.17. The van der Waals surface area contributed by atoms with Crippen molar-refractivity contribution in [3.8, 4) is 11.1 Å². The van der Waals surface area contributed by atoms with Crippen molar-refractivity contribution in [3.05, 3.63) is 65.7 Å². The lowest BCUT2D eigenvalue weighted by Crippen LogP contribution is -2.43. The minimum atomic E-state index is -1.75. The van der Waals surface area contributed by atoms with Crippen molar-refractivity contribution in [3.63, 3.8) is 0 Å². The number of carbonyl (C=O) groups excluding carboxylic acids is 1. The van der Waals surface area contributed by atoms with Crippen LogP contribution in [0.3, 0.4) is 0 Å². The van der Waals surface area contributed by atoms with E-state index in [4.69, 9.17) is 4.74 Å². The number of unbranched alkanes of at least 4 members (excludes halogenated alkanes) is 4. The van der Waals surface area contributed by atoms with Crippen molar-refractivity contribution in [2.45, 2.75) is 142 Å². The van der Waals surface area contributed by atoms with Gasteiger partial charge in [-0.3, -0.25) is 0 Å². The summed E-state index contributed by atoms with van der Waals surface area (Å²) in [5, 5.41) is 10.6. The summed E-state index contributed by atoms with van der Waals surface area (Å²) in [5.74, 6) is 3.31. The van der Waals surface area contributed by atoms with Crippen LogP contribution in [0.5, 0.6) is 0 Å². The summed E-state index contributed by atoms with van der Waals surface area (Å²) in [5.41, 5.74) is 5.47. The van der Waals surface area contributed by atoms with E-state index < -0.39 is 8.07 Å². The standard InChI is InChI=1S/C41H62O3Si/c1-6-7-9-12-32-13-15-33(16-14-32)34-17-19-35(20-18-34)36-21-23-37(24-22-36)38-25-26-40(45(4,5)28-11-8-10-27-42)39(29-38)30-44-41(43)31(2)3/h21-26,29,32-35,42H,2,6-20,27-28,30H2,1,3-5H3. The average molecular weight is 631 g/mol. The number of hydrogen-bond donors (Lipinski definition) is 1. The number of aliphatic hydroxyl groups excluding tert-OH is 1. The van der Waals surface area contributed by atoms with Gasteiger partial charge >= 0.3 is 5.97 Å². The Morgan fingerprint density at radius 1 is 0.844 bits per heavy atom. The molecule has 2 aliphatic carbocycles. The van der Waals surface area contributed by atoms with Crippen molar-refractivity contribution < 1.29 is 14.6 Å². The lowest BCUT2D eigenvalue weighted by atomic mass is 9.68. The van der Waals surface area contributed by atoms with E-state index in [1.807, 2.05) is 0 Å². The maximum atomic E-state index is 12.3. The molecule has 2 aromatic carbocycles. The second kappa shape index (κ2) is 17.7. The molecule has 2 aromatic rings. The van der Waals surface area contributed by atoms with Crippen LogP contribution in [-0.4, -0.2) is 25.8 Å². The third kappa shape index (κ3) is 10.4. The zero-order valence-electron chi connectivity index (χ0n) is 29.0. The molecule has 0 aromatic heterocycles. The molecule has 0 heterocycles. The molecule has 4 rings (SSSR count). The first-order chi connectivity index (χ1) is 21.7. The maximum absolute atomic E-state index is 12.3. The number of carbonyl (C=O) groups is 1. The molecule has 1 N–H and O–H groups in total. The minimum Gasteiger partial charge on any atom is -0.457 e. The van der Waals surface area contributed by atoms with Crippen molar-refractivity contribution in [2.24, 2.45) is 17.8 Å². The maximum Gasteiger partial charge on any atom is 0.333 e. The zero-order chi connectivity index (χ0) is 32.2. The molecule has 2 saturated carbocycles. The summed E-state index contributed by atoms with van der Waals surface area (Å²) in [6, 6.07) is 17.3. The molecule has 0 amide bonds. The Morgan fingerprint density at radius 3 is 2.11 bits per heavy atom. The van der Waals surface area contributed by atoms with Crippen LogP contribution in [0, 0.1) is 17.8 Å². The van der Waals surface area contributed by atoms with Gasteiger partial charge in [0, 0.05) is 12.2 Å². The van der Waals surface area contributed by atoms with Gasteiger partial charge in [-0.25, -0.2) is 4.79 Å². The summed E-state index contributed by atoms with van der Waals surface area (Å²) in [6.45, 7) is 13.1. The third-order valence-electron chi connectivity index (χ3n) is 11.3. The zero-order valence-corrected chi connectivity index (χ0v) is 30.0. The lowest BCUT2D eigenvalue weighted by Gasteiger charge is -2.38. The molecule has 0 aliphatic heterocycles. The van der Waals surface area contributed by atoms with E-state index in [1.54, 1.807) is 6.92 Å². The highest BCUT2D eigenvalue weighted by molar-refractivity contribution is 6.90. The van der Waals surface area contributed by atoms with Gasteiger partial charge in [0.2, 0.25) is 0 Å². The highest BCUT2D eigenvalue weighted by Gasteiger charge is 2.31. The number of ether oxygens (including phenoxy) is 1. The van der Waals surface area contributed by atoms with Crippen LogP contribution in [-0.2, 0) is 16.1 Å². The SMILES string of the molecule is C=C(C)C(=O)OCc1cc(-c2ccc(C3CCC(C4CCC(CCCCC)CC4)CC3)cc2)ccc1[Si](C)(C)CCCCCO. The van der Waals surface area contributed by atoms with Gasteiger partial charge in [-0.1, -0.05) is 126 Å². The summed E-state index contributed by atoms with van der Waals surface area (Å²) in [4.78, 5) is 12.3. The fourth-order valence-electron chi connectivity index (χ4n) is 8.31. The number of hydrogen-bond acceptors (Lipinski definition) is 3. The van der Waals surface area contributed by atoms with Gasteiger partial charge in [-0.2, -0.15) is 0 Å².